The van der Waals surface area contributed by atoms with Crippen LogP contribution in [0.25, 0.3) is 0 Å². The number of benzene rings is 2. The molecule has 4 nitrogen and oxygen atoms in total. The Morgan fingerprint density at radius 3 is 2.72 bits per heavy atom. The van der Waals surface area contributed by atoms with Crippen molar-refractivity contribution in [2.75, 3.05) is 19.8 Å². The van der Waals surface area contributed by atoms with Crippen LogP contribution in [0, 0.1) is 5.82 Å². The van der Waals surface area contributed by atoms with E-state index in [0.29, 0.717) is 48.2 Å². The molecule has 2 aromatic rings. The van der Waals surface area contributed by atoms with Crippen LogP contribution in [-0.2, 0) is 13.2 Å². The van der Waals surface area contributed by atoms with Crippen molar-refractivity contribution >= 4 is 11.6 Å². The van der Waals surface area contributed by atoms with Crippen LogP contribution < -0.4 is 14.8 Å². The predicted octanol–water partition coefficient (Wildman–Crippen LogP) is 3.93. The van der Waals surface area contributed by atoms with Gasteiger partial charge in [-0.25, -0.2) is 4.39 Å². The molecular weight excluding hydrogens is 345 g/mol. The Hall–Kier alpha value is -1.82. The van der Waals surface area contributed by atoms with Gasteiger partial charge in [0, 0.05) is 18.7 Å². The maximum absolute atomic E-state index is 13.7. The van der Waals surface area contributed by atoms with Crippen LogP contribution in [0.15, 0.2) is 36.4 Å². The fourth-order valence-electron chi connectivity index (χ4n) is 2.33. The summed E-state index contributed by atoms with van der Waals surface area (Å²) in [5, 5.41) is 12.4. The second kappa shape index (κ2) is 10.2. The number of halogens is 2. The highest BCUT2D eigenvalue weighted by Crippen LogP contribution is 2.37. The third-order valence-corrected chi connectivity index (χ3v) is 3.82. The summed E-state index contributed by atoms with van der Waals surface area (Å²) in [6.07, 6.45) is 0.690. The Morgan fingerprint density at radius 2 is 2.00 bits per heavy atom. The fourth-order valence-corrected chi connectivity index (χ4v) is 2.62. The molecule has 136 valence electrons. The third-order valence-electron chi connectivity index (χ3n) is 3.54. The summed E-state index contributed by atoms with van der Waals surface area (Å²) in [5.74, 6) is 0.623. The van der Waals surface area contributed by atoms with Crippen LogP contribution in [0.4, 0.5) is 4.39 Å². The van der Waals surface area contributed by atoms with Gasteiger partial charge in [0.2, 0.25) is 0 Å². The van der Waals surface area contributed by atoms with E-state index < -0.39 is 0 Å². The highest BCUT2D eigenvalue weighted by Gasteiger charge is 2.14. The lowest BCUT2D eigenvalue weighted by Gasteiger charge is -2.16. The molecule has 0 heterocycles. The molecular formula is C19H23ClFNO3. The summed E-state index contributed by atoms with van der Waals surface area (Å²) < 4.78 is 25.1. The maximum Gasteiger partial charge on any atom is 0.180 e. The molecule has 0 amide bonds. The van der Waals surface area contributed by atoms with Crippen LogP contribution in [0.1, 0.15) is 24.5 Å². The quantitative estimate of drug-likeness (QED) is 0.625. The van der Waals surface area contributed by atoms with Gasteiger partial charge in [-0.05, 0) is 43.7 Å². The van der Waals surface area contributed by atoms with Crippen molar-refractivity contribution in [1.82, 2.24) is 5.32 Å². The van der Waals surface area contributed by atoms with Gasteiger partial charge in [0.05, 0.1) is 11.6 Å². The molecule has 0 fully saturated rings. The number of rotatable bonds is 10. The summed E-state index contributed by atoms with van der Waals surface area (Å²) in [6, 6.07) is 10.1. The van der Waals surface area contributed by atoms with E-state index in [1.807, 2.05) is 13.0 Å². The van der Waals surface area contributed by atoms with E-state index in [4.69, 9.17) is 26.2 Å². The number of ether oxygens (including phenoxy) is 2. The second-order valence-electron chi connectivity index (χ2n) is 5.47. The molecule has 0 radical (unpaired) electrons. The van der Waals surface area contributed by atoms with Crippen LogP contribution in [0.3, 0.4) is 0 Å². The predicted molar refractivity (Wildman–Crippen MR) is 96.8 cm³/mol. The molecule has 0 spiro atoms. The lowest BCUT2D eigenvalue weighted by atomic mass is 10.2. The monoisotopic (exact) mass is 367 g/mol. The fraction of sp³-hybridized carbons (Fsp3) is 0.368. The number of nitrogens with one attached hydrogen (secondary N) is 1. The molecule has 0 saturated heterocycles. The average Bonchev–Trinajstić information content (AvgIpc) is 2.60. The van der Waals surface area contributed by atoms with Crippen LogP contribution in [0.2, 0.25) is 5.02 Å². The molecule has 0 atom stereocenters. The Balaban J connectivity index is 2.11. The highest BCUT2D eigenvalue weighted by atomic mass is 35.5. The lowest BCUT2D eigenvalue weighted by Crippen LogP contribution is -2.16. The summed E-state index contributed by atoms with van der Waals surface area (Å²) in [4.78, 5) is 0. The van der Waals surface area contributed by atoms with Crippen LogP contribution in [-0.4, -0.2) is 24.9 Å². The number of hydrogen-bond acceptors (Lipinski definition) is 4. The topological polar surface area (TPSA) is 50.7 Å². The highest BCUT2D eigenvalue weighted by molar-refractivity contribution is 6.32. The normalized spacial score (nSPS) is 10.7. The molecule has 0 bridgehead atoms. The molecule has 2 N–H and O–H groups in total. The minimum atomic E-state index is -0.318. The van der Waals surface area contributed by atoms with Gasteiger partial charge >= 0.3 is 0 Å². The van der Waals surface area contributed by atoms with Gasteiger partial charge < -0.3 is 19.9 Å². The van der Waals surface area contributed by atoms with Crippen molar-refractivity contribution in [3.63, 3.8) is 0 Å². The standard InChI is InChI=1S/C19H23ClFNO3/c1-2-24-18-11-14(12-22-8-5-9-23)10-16(20)19(18)25-13-15-6-3-4-7-17(15)21/h3-4,6-7,10-11,22-23H,2,5,8-9,12-13H2,1H3. The van der Waals surface area contributed by atoms with Crippen molar-refractivity contribution in [3.05, 3.63) is 58.4 Å². The molecule has 2 aromatic carbocycles. The van der Waals surface area contributed by atoms with Gasteiger partial charge in [0.1, 0.15) is 12.4 Å². The van der Waals surface area contributed by atoms with E-state index >= 15 is 0 Å². The van der Waals surface area contributed by atoms with Gasteiger partial charge in [0.25, 0.3) is 0 Å². The first kappa shape index (κ1) is 19.5. The van der Waals surface area contributed by atoms with Gasteiger partial charge in [0.15, 0.2) is 11.5 Å². The van der Waals surface area contributed by atoms with Gasteiger partial charge in [-0.1, -0.05) is 29.8 Å². The van der Waals surface area contributed by atoms with Crippen LogP contribution >= 0.6 is 11.6 Å². The van der Waals surface area contributed by atoms with Gasteiger partial charge in [-0.2, -0.15) is 0 Å². The first-order valence-electron chi connectivity index (χ1n) is 8.28. The molecule has 0 aliphatic carbocycles. The molecule has 0 aromatic heterocycles. The second-order valence-corrected chi connectivity index (χ2v) is 5.88. The number of hydrogen-bond donors (Lipinski definition) is 2. The summed E-state index contributed by atoms with van der Waals surface area (Å²) in [6.45, 7) is 3.88. The molecule has 0 unspecified atom stereocenters. The average molecular weight is 368 g/mol. The SMILES string of the molecule is CCOc1cc(CNCCCO)cc(Cl)c1OCc1ccccc1F. The third kappa shape index (κ3) is 5.88. The Morgan fingerprint density at radius 1 is 1.20 bits per heavy atom. The molecule has 0 saturated carbocycles. The maximum atomic E-state index is 13.7. The van der Waals surface area contributed by atoms with E-state index in [1.54, 1.807) is 24.3 Å². The summed E-state index contributed by atoms with van der Waals surface area (Å²) in [5.41, 5.74) is 1.40. The molecule has 2 rings (SSSR count). The first-order valence-corrected chi connectivity index (χ1v) is 8.66. The minimum Gasteiger partial charge on any atom is -0.490 e. The van der Waals surface area contributed by atoms with Crippen molar-refractivity contribution < 1.29 is 19.0 Å². The van der Waals surface area contributed by atoms with E-state index in [9.17, 15) is 4.39 Å². The molecule has 25 heavy (non-hydrogen) atoms. The van der Waals surface area contributed by atoms with Crippen molar-refractivity contribution in [2.24, 2.45) is 0 Å². The lowest BCUT2D eigenvalue weighted by molar-refractivity contribution is 0.265. The summed E-state index contributed by atoms with van der Waals surface area (Å²) in [7, 11) is 0. The Labute approximate surface area is 152 Å². The van der Waals surface area contributed by atoms with Crippen molar-refractivity contribution in [3.8, 4) is 11.5 Å². The molecule has 0 aliphatic rings. The number of aliphatic hydroxyl groups excluding tert-OH is 1. The Bertz CT molecular complexity index is 682. The van der Waals surface area contributed by atoms with Crippen molar-refractivity contribution in [2.45, 2.75) is 26.5 Å². The van der Waals surface area contributed by atoms with Gasteiger partial charge in [-0.15, -0.1) is 0 Å². The largest absolute Gasteiger partial charge is 0.490 e. The zero-order valence-electron chi connectivity index (χ0n) is 14.2. The molecule has 6 heteroatoms. The first-order chi connectivity index (χ1) is 12.2. The minimum absolute atomic E-state index is 0.0700. The zero-order chi connectivity index (χ0) is 18.1. The zero-order valence-corrected chi connectivity index (χ0v) is 15.0. The molecule has 0 aliphatic heterocycles. The number of aliphatic hydroxyl groups is 1. The van der Waals surface area contributed by atoms with E-state index in [2.05, 4.69) is 5.32 Å². The van der Waals surface area contributed by atoms with E-state index in [-0.39, 0.29) is 19.0 Å². The summed E-state index contributed by atoms with van der Waals surface area (Å²) >= 11 is 6.35. The van der Waals surface area contributed by atoms with E-state index in [0.717, 1.165) is 5.56 Å². The van der Waals surface area contributed by atoms with Crippen LogP contribution in [0.5, 0.6) is 11.5 Å². The smallest absolute Gasteiger partial charge is 0.180 e. The van der Waals surface area contributed by atoms with Crippen molar-refractivity contribution in [1.29, 1.82) is 0 Å². The van der Waals surface area contributed by atoms with Gasteiger partial charge in [-0.3, -0.25) is 0 Å². The Kier molecular flexibility index (Phi) is 7.98. The van der Waals surface area contributed by atoms with E-state index in [1.165, 1.54) is 6.07 Å².